The summed E-state index contributed by atoms with van der Waals surface area (Å²) in [5.74, 6) is -1.11. The molecule has 0 heterocycles. The van der Waals surface area contributed by atoms with Crippen molar-refractivity contribution in [3.63, 3.8) is 0 Å². The molecule has 108 valence electrons. The van der Waals surface area contributed by atoms with Crippen LogP contribution < -0.4 is 5.32 Å². The molecule has 3 unspecified atom stereocenters. The first kappa shape index (κ1) is 15.8. The molecule has 1 aliphatic carbocycles. The van der Waals surface area contributed by atoms with Crippen LogP contribution in [-0.2, 0) is 0 Å². The second kappa shape index (κ2) is 6.75. The maximum absolute atomic E-state index is 12.7. The van der Waals surface area contributed by atoms with Crippen LogP contribution in [0, 0.1) is 5.92 Å². The van der Waals surface area contributed by atoms with Gasteiger partial charge in [-0.3, -0.25) is 0 Å². The highest BCUT2D eigenvalue weighted by atomic mass is 19.4. The SMILES string of the molecule is CC(CCN(C)C)NC1CCCC(C(F)(F)F)C1. The number of halogens is 3. The first-order valence-electron chi connectivity index (χ1n) is 6.76. The van der Waals surface area contributed by atoms with Gasteiger partial charge >= 0.3 is 6.18 Å². The van der Waals surface area contributed by atoms with E-state index in [2.05, 4.69) is 17.1 Å². The van der Waals surface area contributed by atoms with Crippen LogP contribution in [0.1, 0.15) is 39.0 Å². The summed E-state index contributed by atoms with van der Waals surface area (Å²) in [6.07, 6.45) is -0.946. The van der Waals surface area contributed by atoms with Crippen molar-refractivity contribution >= 4 is 0 Å². The molecule has 1 rings (SSSR count). The summed E-state index contributed by atoms with van der Waals surface area (Å²) in [6, 6.07) is 0.312. The summed E-state index contributed by atoms with van der Waals surface area (Å²) in [7, 11) is 4.01. The molecule has 0 aromatic carbocycles. The Morgan fingerprint density at radius 1 is 1.28 bits per heavy atom. The fourth-order valence-corrected chi connectivity index (χ4v) is 2.58. The van der Waals surface area contributed by atoms with Gasteiger partial charge in [-0.05, 0) is 53.2 Å². The molecule has 5 heteroatoms. The molecule has 0 aromatic heterocycles. The van der Waals surface area contributed by atoms with Gasteiger partial charge in [0.15, 0.2) is 0 Å². The minimum Gasteiger partial charge on any atom is -0.311 e. The van der Waals surface area contributed by atoms with Crippen molar-refractivity contribution in [1.82, 2.24) is 10.2 Å². The molecule has 2 nitrogen and oxygen atoms in total. The Morgan fingerprint density at radius 2 is 1.94 bits per heavy atom. The van der Waals surface area contributed by atoms with E-state index in [9.17, 15) is 13.2 Å². The molecule has 0 aliphatic heterocycles. The van der Waals surface area contributed by atoms with E-state index < -0.39 is 12.1 Å². The lowest BCUT2D eigenvalue weighted by atomic mass is 9.85. The lowest BCUT2D eigenvalue weighted by Crippen LogP contribution is -2.43. The van der Waals surface area contributed by atoms with Crippen molar-refractivity contribution in [1.29, 1.82) is 0 Å². The minimum absolute atomic E-state index is 0.0301. The molecule has 1 fully saturated rings. The Balaban J connectivity index is 2.33. The summed E-state index contributed by atoms with van der Waals surface area (Å²) in [5, 5.41) is 3.35. The largest absolute Gasteiger partial charge is 0.391 e. The van der Waals surface area contributed by atoms with Crippen LogP contribution in [0.5, 0.6) is 0 Å². The molecule has 0 bridgehead atoms. The highest BCUT2D eigenvalue weighted by Crippen LogP contribution is 2.37. The zero-order valence-electron chi connectivity index (χ0n) is 11.6. The summed E-state index contributed by atoms with van der Waals surface area (Å²) in [4.78, 5) is 2.09. The van der Waals surface area contributed by atoms with Crippen LogP contribution in [0.25, 0.3) is 0 Å². The number of nitrogens with zero attached hydrogens (tertiary/aromatic N) is 1. The Labute approximate surface area is 108 Å². The summed E-state index contributed by atoms with van der Waals surface area (Å²) >= 11 is 0. The monoisotopic (exact) mass is 266 g/mol. The number of hydrogen-bond acceptors (Lipinski definition) is 2. The van der Waals surface area contributed by atoms with Gasteiger partial charge in [-0.15, -0.1) is 0 Å². The molecule has 0 amide bonds. The molecular weight excluding hydrogens is 241 g/mol. The first-order valence-corrected chi connectivity index (χ1v) is 6.76. The van der Waals surface area contributed by atoms with Gasteiger partial charge in [0, 0.05) is 12.1 Å². The number of hydrogen-bond donors (Lipinski definition) is 1. The maximum Gasteiger partial charge on any atom is 0.391 e. The van der Waals surface area contributed by atoms with Crippen molar-refractivity contribution < 1.29 is 13.2 Å². The van der Waals surface area contributed by atoms with E-state index in [0.29, 0.717) is 12.8 Å². The average molecular weight is 266 g/mol. The van der Waals surface area contributed by atoms with Gasteiger partial charge in [0.05, 0.1) is 5.92 Å². The van der Waals surface area contributed by atoms with Crippen molar-refractivity contribution in [2.24, 2.45) is 5.92 Å². The smallest absolute Gasteiger partial charge is 0.311 e. The zero-order valence-corrected chi connectivity index (χ0v) is 11.6. The van der Waals surface area contributed by atoms with Crippen LogP contribution >= 0.6 is 0 Å². The molecule has 0 spiro atoms. The topological polar surface area (TPSA) is 15.3 Å². The number of alkyl halides is 3. The standard InChI is InChI=1S/C13H25F3N2/c1-10(7-8-18(2)3)17-12-6-4-5-11(9-12)13(14,15)16/h10-12,17H,4-9H2,1-3H3. The maximum atomic E-state index is 12.7. The summed E-state index contributed by atoms with van der Waals surface area (Å²) in [5.41, 5.74) is 0. The lowest BCUT2D eigenvalue weighted by Gasteiger charge is -2.33. The molecule has 1 N–H and O–H groups in total. The fraction of sp³-hybridized carbons (Fsp3) is 1.00. The molecule has 0 aromatic rings. The van der Waals surface area contributed by atoms with Crippen LogP contribution in [-0.4, -0.2) is 43.8 Å². The Morgan fingerprint density at radius 3 is 2.50 bits per heavy atom. The van der Waals surface area contributed by atoms with Gasteiger partial charge in [-0.25, -0.2) is 0 Å². The third-order valence-corrected chi connectivity index (χ3v) is 3.67. The van der Waals surface area contributed by atoms with Gasteiger partial charge in [0.1, 0.15) is 0 Å². The van der Waals surface area contributed by atoms with Gasteiger partial charge in [0.2, 0.25) is 0 Å². The van der Waals surface area contributed by atoms with Crippen molar-refractivity contribution in [2.45, 2.75) is 57.3 Å². The van der Waals surface area contributed by atoms with E-state index in [4.69, 9.17) is 0 Å². The van der Waals surface area contributed by atoms with Crippen LogP contribution in [0.2, 0.25) is 0 Å². The summed E-state index contributed by atoms with van der Waals surface area (Å²) < 4.78 is 38.0. The zero-order chi connectivity index (χ0) is 13.8. The van der Waals surface area contributed by atoms with E-state index in [1.54, 1.807) is 0 Å². The third kappa shape index (κ3) is 5.57. The van der Waals surface area contributed by atoms with E-state index in [0.717, 1.165) is 19.4 Å². The lowest BCUT2D eigenvalue weighted by molar-refractivity contribution is -0.183. The summed E-state index contributed by atoms with van der Waals surface area (Å²) in [6.45, 7) is 3.02. The number of nitrogens with one attached hydrogen (secondary N) is 1. The van der Waals surface area contributed by atoms with Gasteiger partial charge < -0.3 is 10.2 Å². The average Bonchev–Trinajstić information content (AvgIpc) is 2.25. The van der Waals surface area contributed by atoms with E-state index >= 15 is 0 Å². The fourth-order valence-electron chi connectivity index (χ4n) is 2.58. The molecule has 1 saturated carbocycles. The normalized spacial score (nSPS) is 27.5. The molecule has 1 aliphatic rings. The Kier molecular flexibility index (Phi) is 5.92. The van der Waals surface area contributed by atoms with E-state index in [-0.39, 0.29) is 18.5 Å². The van der Waals surface area contributed by atoms with E-state index in [1.807, 2.05) is 14.1 Å². The molecule has 18 heavy (non-hydrogen) atoms. The van der Waals surface area contributed by atoms with E-state index in [1.165, 1.54) is 0 Å². The third-order valence-electron chi connectivity index (χ3n) is 3.67. The number of rotatable bonds is 5. The van der Waals surface area contributed by atoms with Crippen molar-refractivity contribution in [3.8, 4) is 0 Å². The quantitative estimate of drug-likeness (QED) is 0.823. The van der Waals surface area contributed by atoms with Crippen LogP contribution in [0.3, 0.4) is 0 Å². The highest BCUT2D eigenvalue weighted by molar-refractivity contribution is 4.83. The second-order valence-electron chi connectivity index (χ2n) is 5.76. The van der Waals surface area contributed by atoms with Crippen molar-refractivity contribution in [2.75, 3.05) is 20.6 Å². The van der Waals surface area contributed by atoms with Gasteiger partial charge in [-0.2, -0.15) is 13.2 Å². The minimum atomic E-state index is -4.02. The molecule has 3 atom stereocenters. The predicted octanol–water partition coefficient (Wildman–Crippen LogP) is 3.04. The van der Waals surface area contributed by atoms with Crippen LogP contribution in [0.15, 0.2) is 0 Å². The molecule has 0 radical (unpaired) electrons. The Hall–Kier alpha value is -0.290. The van der Waals surface area contributed by atoms with Gasteiger partial charge in [-0.1, -0.05) is 6.42 Å². The molecule has 0 saturated heterocycles. The Bertz CT molecular complexity index is 241. The van der Waals surface area contributed by atoms with Crippen molar-refractivity contribution in [3.05, 3.63) is 0 Å². The molecular formula is C13H25F3N2. The predicted molar refractivity (Wildman–Crippen MR) is 67.6 cm³/mol. The van der Waals surface area contributed by atoms with Crippen LogP contribution in [0.4, 0.5) is 13.2 Å². The first-order chi connectivity index (χ1) is 8.29. The second-order valence-corrected chi connectivity index (χ2v) is 5.76. The van der Waals surface area contributed by atoms with Gasteiger partial charge in [0.25, 0.3) is 0 Å². The highest BCUT2D eigenvalue weighted by Gasteiger charge is 2.42.